The van der Waals surface area contributed by atoms with Crippen LogP contribution in [0.2, 0.25) is 0 Å². The number of cyclic esters (lactones) is 1. The van der Waals surface area contributed by atoms with E-state index in [9.17, 15) is 14.4 Å². The van der Waals surface area contributed by atoms with Crippen LogP contribution in [0.3, 0.4) is 0 Å². The van der Waals surface area contributed by atoms with Crippen molar-refractivity contribution in [3.05, 3.63) is 70.7 Å². The molecule has 0 saturated carbocycles. The van der Waals surface area contributed by atoms with Gasteiger partial charge in [-0.2, -0.15) is 0 Å². The Kier molecular flexibility index (Phi) is 16.3. The standard InChI is InChI=1S/C32H47ClN2O6/c1-22(19-23(2)27-16-17-28(40-8)31(38)41-27)11-9-12-25(21-36)20-35-29(32(4,5)6)30(37)34-18-10-13-26(39-7)15-14-24(3)33/h9-12,14,17-19,21,23,26-27,29,35H,13,15-16,20H2,1-8H3,(H,34,37)/b11-9-,18-10-,22-19+,24-14+,25-12+/t23-,26-,27-,29+/m0/s1. The Morgan fingerprint density at radius 1 is 1.24 bits per heavy atom. The molecule has 1 rings (SSSR count). The molecule has 0 saturated heterocycles. The van der Waals surface area contributed by atoms with Crippen LogP contribution in [-0.4, -0.2) is 57.2 Å². The molecule has 4 atom stereocenters. The van der Waals surface area contributed by atoms with Crippen LogP contribution < -0.4 is 10.6 Å². The van der Waals surface area contributed by atoms with E-state index < -0.39 is 17.4 Å². The zero-order valence-electron chi connectivity index (χ0n) is 25.7. The van der Waals surface area contributed by atoms with E-state index in [1.165, 1.54) is 7.11 Å². The number of hydrogen-bond donors (Lipinski definition) is 2. The predicted molar refractivity (Wildman–Crippen MR) is 164 cm³/mol. The van der Waals surface area contributed by atoms with Crippen molar-refractivity contribution in [2.45, 2.75) is 79.1 Å². The maximum absolute atomic E-state index is 13.0. The van der Waals surface area contributed by atoms with Gasteiger partial charge in [-0.1, -0.05) is 81.3 Å². The Hall–Kier alpha value is -2.94. The Morgan fingerprint density at radius 2 is 1.95 bits per heavy atom. The zero-order chi connectivity index (χ0) is 31.0. The Labute approximate surface area is 250 Å². The summed E-state index contributed by atoms with van der Waals surface area (Å²) in [5.41, 5.74) is 1.08. The Balaban J connectivity index is 2.74. The zero-order valence-corrected chi connectivity index (χ0v) is 26.4. The number of rotatable bonds is 16. The first-order valence-corrected chi connectivity index (χ1v) is 14.2. The third-order valence-corrected chi connectivity index (χ3v) is 6.68. The molecular weight excluding hydrogens is 544 g/mol. The molecule has 9 heteroatoms. The average Bonchev–Trinajstić information content (AvgIpc) is 2.90. The molecule has 0 aromatic carbocycles. The van der Waals surface area contributed by atoms with Crippen LogP contribution in [-0.2, 0) is 28.6 Å². The van der Waals surface area contributed by atoms with Gasteiger partial charge < -0.3 is 24.8 Å². The van der Waals surface area contributed by atoms with Gasteiger partial charge >= 0.3 is 5.97 Å². The van der Waals surface area contributed by atoms with Crippen LogP contribution in [0, 0.1) is 11.3 Å². The quantitative estimate of drug-likeness (QED) is 0.103. The van der Waals surface area contributed by atoms with E-state index in [4.69, 9.17) is 25.8 Å². The molecule has 0 bridgehead atoms. The third kappa shape index (κ3) is 14.0. The fraction of sp³-hybridized carbons (Fsp3) is 0.531. The minimum absolute atomic E-state index is 0.00149. The molecule has 0 spiro atoms. The summed E-state index contributed by atoms with van der Waals surface area (Å²) in [6.07, 6.45) is 16.9. The van der Waals surface area contributed by atoms with Crippen molar-refractivity contribution in [3.63, 3.8) is 0 Å². The highest BCUT2D eigenvalue weighted by Crippen LogP contribution is 2.23. The van der Waals surface area contributed by atoms with Crippen molar-refractivity contribution in [3.8, 4) is 0 Å². The molecule has 228 valence electrons. The van der Waals surface area contributed by atoms with Crippen molar-refractivity contribution < 1.29 is 28.6 Å². The summed E-state index contributed by atoms with van der Waals surface area (Å²) in [7, 11) is 3.09. The maximum Gasteiger partial charge on any atom is 0.373 e. The molecule has 0 unspecified atom stereocenters. The Morgan fingerprint density at radius 3 is 2.51 bits per heavy atom. The van der Waals surface area contributed by atoms with Gasteiger partial charge in [0.25, 0.3) is 0 Å². The van der Waals surface area contributed by atoms with Crippen LogP contribution in [0.5, 0.6) is 0 Å². The number of aldehydes is 1. The van der Waals surface area contributed by atoms with Crippen LogP contribution in [0.15, 0.2) is 70.7 Å². The molecule has 41 heavy (non-hydrogen) atoms. The summed E-state index contributed by atoms with van der Waals surface area (Å²) in [5.74, 6) is -0.406. The molecule has 0 aromatic heterocycles. The van der Waals surface area contributed by atoms with E-state index in [2.05, 4.69) is 10.6 Å². The predicted octanol–water partition coefficient (Wildman–Crippen LogP) is 5.67. The number of methoxy groups -OCH3 is 2. The summed E-state index contributed by atoms with van der Waals surface area (Å²) in [4.78, 5) is 36.6. The van der Waals surface area contributed by atoms with E-state index in [0.717, 1.165) is 11.9 Å². The van der Waals surface area contributed by atoms with E-state index in [-0.39, 0.29) is 36.3 Å². The van der Waals surface area contributed by atoms with Gasteiger partial charge in [0.1, 0.15) is 12.4 Å². The van der Waals surface area contributed by atoms with Crippen molar-refractivity contribution in [1.82, 2.24) is 10.6 Å². The van der Waals surface area contributed by atoms with Gasteiger partial charge in [0.2, 0.25) is 5.91 Å². The van der Waals surface area contributed by atoms with Crippen LogP contribution >= 0.6 is 11.6 Å². The summed E-state index contributed by atoms with van der Waals surface area (Å²) in [6, 6.07) is -0.534. The lowest BCUT2D eigenvalue weighted by atomic mass is 9.86. The summed E-state index contributed by atoms with van der Waals surface area (Å²) in [6.45, 7) is 11.9. The van der Waals surface area contributed by atoms with Gasteiger partial charge in [0.15, 0.2) is 5.76 Å². The number of carbonyl (C=O) groups excluding carboxylic acids is 3. The van der Waals surface area contributed by atoms with Crippen molar-refractivity contribution in [1.29, 1.82) is 0 Å². The minimum Gasteiger partial charge on any atom is -0.490 e. The molecule has 2 N–H and O–H groups in total. The second-order valence-electron chi connectivity index (χ2n) is 11.2. The van der Waals surface area contributed by atoms with Gasteiger partial charge in [-0.05, 0) is 44.4 Å². The average molecular weight is 591 g/mol. The van der Waals surface area contributed by atoms with Gasteiger partial charge in [0, 0.05) is 36.6 Å². The van der Waals surface area contributed by atoms with Gasteiger partial charge in [0.05, 0.1) is 19.3 Å². The number of carbonyl (C=O) groups is 3. The first kappa shape index (κ1) is 36.1. The number of ether oxygens (including phenoxy) is 3. The highest BCUT2D eigenvalue weighted by atomic mass is 35.5. The van der Waals surface area contributed by atoms with E-state index in [1.54, 1.807) is 31.5 Å². The molecule has 8 nitrogen and oxygen atoms in total. The van der Waals surface area contributed by atoms with Crippen LogP contribution in [0.4, 0.5) is 0 Å². The highest BCUT2D eigenvalue weighted by molar-refractivity contribution is 6.29. The Bertz CT molecular complexity index is 1060. The fourth-order valence-electron chi connectivity index (χ4n) is 4.12. The number of amides is 1. The number of allylic oxidation sites excluding steroid dienone is 5. The monoisotopic (exact) mass is 590 g/mol. The molecule has 1 aliphatic rings. The minimum atomic E-state index is -0.534. The van der Waals surface area contributed by atoms with E-state index in [1.807, 2.05) is 65.8 Å². The largest absolute Gasteiger partial charge is 0.490 e. The van der Waals surface area contributed by atoms with Crippen molar-refractivity contribution in [2.24, 2.45) is 11.3 Å². The van der Waals surface area contributed by atoms with Crippen molar-refractivity contribution >= 4 is 29.8 Å². The number of halogens is 1. The summed E-state index contributed by atoms with van der Waals surface area (Å²) in [5, 5.41) is 6.78. The van der Waals surface area contributed by atoms with Gasteiger partial charge in [-0.25, -0.2) is 4.79 Å². The molecule has 0 aromatic rings. The smallest absolute Gasteiger partial charge is 0.373 e. The first-order chi connectivity index (χ1) is 19.3. The highest BCUT2D eigenvalue weighted by Gasteiger charge is 2.30. The molecule has 0 fully saturated rings. The van der Waals surface area contributed by atoms with Gasteiger partial charge in [-0.15, -0.1) is 0 Å². The first-order valence-electron chi connectivity index (χ1n) is 13.8. The molecule has 0 aliphatic carbocycles. The van der Waals surface area contributed by atoms with E-state index in [0.29, 0.717) is 29.9 Å². The lowest BCUT2D eigenvalue weighted by Crippen LogP contribution is -2.51. The van der Waals surface area contributed by atoms with E-state index >= 15 is 0 Å². The van der Waals surface area contributed by atoms with Gasteiger partial charge in [-0.3, -0.25) is 9.59 Å². The second kappa shape index (κ2) is 18.5. The molecule has 1 heterocycles. The molecule has 1 aliphatic heterocycles. The molecule has 1 amide bonds. The van der Waals surface area contributed by atoms with Crippen molar-refractivity contribution in [2.75, 3.05) is 20.8 Å². The summed E-state index contributed by atoms with van der Waals surface area (Å²) >= 11 is 5.89. The van der Waals surface area contributed by atoms with Crippen LogP contribution in [0.1, 0.15) is 60.8 Å². The number of hydrogen-bond acceptors (Lipinski definition) is 7. The molecular formula is C32H47ClN2O6. The number of esters is 1. The lowest BCUT2D eigenvalue weighted by molar-refractivity contribution is -0.151. The normalized spacial score (nSPS) is 19.5. The third-order valence-electron chi connectivity index (χ3n) is 6.52. The topological polar surface area (TPSA) is 103 Å². The molecule has 0 radical (unpaired) electrons. The number of nitrogens with one attached hydrogen (secondary N) is 2. The fourth-order valence-corrected chi connectivity index (χ4v) is 4.21. The lowest BCUT2D eigenvalue weighted by Gasteiger charge is -2.30. The maximum atomic E-state index is 13.0. The second-order valence-corrected chi connectivity index (χ2v) is 11.7. The summed E-state index contributed by atoms with van der Waals surface area (Å²) < 4.78 is 15.9. The SMILES string of the molecule is COC1=CC[C@@H]([C@@H](C)/C=C(C)/C=C\C=C(\C=O)CN[C@H](C(=O)N/C=C\C[C@@H](C/C=C(\C)Cl)OC)C(C)(C)C)OC1=O. The van der Waals surface area contributed by atoms with Crippen LogP contribution in [0.25, 0.3) is 0 Å².